The maximum absolute atomic E-state index is 12.3. The SMILES string of the molecule is CC(C)Cn1c(S[C@H](C)C(=O)Nc2nccs2)nnc1-c1ccco1. The number of amides is 1. The standard InChI is InChI=1S/C16H19N5O2S2/c1-10(2)9-21-13(12-5-4-7-23-12)19-20-16(21)25-11(3)14(22)18-15-17-6-8-24-15/h4-8,10-11H,9H2,1-3H3,(H,17,18,22)/t11-/m1/s1. The molecule has 0 aliphatic carbocycles. The van der Waals surface area contributed by atoms with Crippen molar-refractivity contribution in [3.8, 4) is 11.6 Å². The molecule has 7 nitrogen and oxygen atoms in total. The van der Waals surface area contributed by atoms with E-state index in [2.05, 4.69) is 34.3 Å². The van der Waals surface area contributed by atoms with Gasteiger partial charge in [0, 0.05) is 18.1 Å². The van der Waals surface area contributed by atoms with Gasteiger partial charge in [-0.25, -0.2) is 4.98 Å². The molecule has 0 radical (unpaired) electrons. The molecular formula is C16H19N5O2S2. The minimum atomic E-state index is -0.330. The van der Waals surface area contributed by atoms with Gasteiger partial charge in [0.25, 0.3) is 0 Å². The van der Waals surface area contributed by atoms with E-state index in [1.807, 2.05) is 29.0 Å². The molecule has 0 aromatic carbocycles. The van der Waals surface area contributed by atoms with Gasteiger partial charge in [-0.15, -0.1) is 21.5 Å². The average Bonchev–Trinajstić information content (AvgIpc) is 3.29. The van der Waals surface area contributed by atoms with Crippen LogP contribution in [0.5, 0.6) is 0 Å². The topological polar surface area (TPSA) is 85.8 Å². The van der Waals surface area contributed by atoms with Gasteiger partial charge in [-0.3, -0.25) is 9.36 Å². The van der Waals surface area contributed by atoms with Crippen LogP contribution in [0.2, 0.25) is 0 Å². The summed E-state index contributed by atoms with van der Waals surface area (Å²) < 4.78 is 7.46. The molecule has 1 N–H and O–H groups in total. The first-order valence-electron chi connectivity index (χ1n) is 7.88. The zero-order chi connectivity index (χ0) is 17.8. The number of carbonyl (C=O) groups excluding carboxylic acids is 1. The number of nitrogens with one attached hydrogen (secondary N) is 1. The molecule has 0 fully saturated rings. The molecule has 0 saturated heterocycles. The molecule has 0 bridgehead atoms. The lowest BCUT2D eigenvalue weighted by atomic mass is 10.2. The summed E-state index contributed by atoms with van der Waals surface area (Å²) in [6.45, 7) is 6.83. The van der Waals surface area contributed by atoms with Crippen molar-refractivity contribution in [2.45, 2.75) is 37.7 Å². The number of hydrogen-bond donors (Lipinski definition) is 1. The number of thioether (sulfide) groups is 1. The lowest BCUT2D eigenvalue weighted by Crippen LogP contribution is -2.23. The van der Waals surface area contributed by atoms with E-state index in [0.717, 1.165) is 6.54 Å². The highest BCUT2D eigenvalue weighted by atomic mass is 32.2. The number of furan rings is 1. The third-order valence-electron chi connectivity index (χ3n) is 3.32. The fourth-order valence-electron chi connectivity index (χ4n) is 2.20. The molecule has 3 aromatic rings. The van der Waals surface area contributed by atoms with Gasteiger partial charge in [-0.1, -0.05) is 25.6 Å². The zero-order valence-corrected chi connectivity index (χ0v) is 15.8. The van der Waals surface area contributed by atoms with Crippen molar-refractivity contribution in [2.75, 3.05) is 5.32 Å². The highest BCUT2D eigenvalue weighted by Gasteiger charge is 2.22. The second-order valence-electron chi connectivity index (χ2n) is 5.87. The van der Waals surface area contributed by atoms with Gasteiger partial charge in [0.15, 0.2) is 21.9 Å². The molecule has 1 amide bonds. The van der Waals surface area contributed by atoms with Crippen LogP contribution >= 0.6 is 23.1 Å². The van der Waals surface area contributed by atoms with Crippen LogP contribution in [0.15, 0.2) is 39.5 Å². The third-order valence-corrected chi connectivity index (χ3v) is 5.09. The highest BCUT2D eigenvalue weighted by Crippen LogP contribution is 2.28. The molecule has 132 valence electrons. The minimum absolute atomic E-state index is 0.112. The Morgan fingerprint density at radius 1 is 1.40 bits per heavy atom. The van der Waals surface area contributed by atoms with E-state index >= 15 is 0 Å². The van der Waals surface area contributed by atoms with Gasteiger partial charge in [-0.2, -0.15) is 0 Å². The number of hydrogen-bond acceptors (Lipinski definition) is 7. The molecule has 3 heterocycles. The maximum Gasteiger partial charge on any atom is 0.239 e. The molecule has 0 saturated carbocycles. The van der Waals surface area contributed by atoms with E-state index in [-0.39, 0.29) is 11.2 Å². The van der Waals surface area contributed by atoms with Crippen LogP contribution < -0.4 is 5.32 Å². The first-order chi connectivity index (χ1) is 12.0. The summed E-state index contributed by atoms with van der Waals surface area (Å²) in [6.07, 6.45) is 3.27. The molecule has 1 atom stereocenters. The van der Waals surface area contributed by atoms with E-state index < -0.39 is 0 Å². The molecule has 3 rings (SSSR count). The largest absolute Gasteiger partial charge is 0.461 e. The number of aromatic nitrogens is 4. The molecule has 25 heavy (non-hydrogen) atoms. The Kier molecular flexibility index (Phi) is 5.54. The van der Waals surface area contributed by atoms with Gasteiger partial charge in [0.2, 0.25) is 5.91 Å². The van der Waals surface area contributed by atoms with Crippen molar-refractivity contribution in [2.24, 2.45) is 5.92 Å². The summed E-state index contributed by atoms with van der Waals surface area (Å²) in [6, 6.07) is 3.68. The summed E-state index contributed by atoms with van der Waals surface area (Å²) in [7, 11) is 0. The van der Waals surface area contributed by atoms with Crippen LogP contribution in [0, 0.1) is 5.92 Å². The molecule has 0 aliphatic heterocycles. The molecule has 9 heteroatoms. The number of carbonyl (C=O) groups is 1. The second-order valence-corrected chi connectivity index (χ2v) is 8.08. The Bertz CT molecular complexity index is 812. The quantitative estimate of drug-likeness (QED) is 0.631. The maximum atomic E-state index is 12.3. The summed E-state index contributed by atoms with van der Waals surface area (Å²) in [5.41, 5.74) is 0. The predicted molar refractivity (Wildman–Crippen MR) is 98.6 cm³/mol. The van der Waals surface area contributed by atoms with E-state index in [4.69, 9.17) is 4.42 Å². The van der Waals surface area contributed by atoms with Crippen LogP contribution in [-0.2, 0) is 11.3 Å². The summed E-state index contributed by atoms with van der Waals surface area (Å²) in [5.74, 6) is 1.63. The number of nitrogens with zero attached hydrogens (tertiary/aromatic N) is 4. The molecule has 0 unspecified atom stereocenters. The Morgan fingerprint density at radius 2 is 2.24 bits per heavy atom. The third kappa shape index (κ3) is 4.29. The van der Waals surface area contributed by atoms with Gasteiger partial charge < -0.3 is 9.73 Å². The van der Waals surface area contributed by atoms with Crippen molar-refractivity contribution in [1.29, 1.82) is 0 Å². The van der Waals surface area contributed by atoms with Gasteiger partial charge in [-0.05, 0) is 25.0 Å². The van der Waals surface area contributed by atoms with Gasteiger partial charge in [0.05, 0.1) is 11.5 Å². The zero-order valence-electron chi connectivity index (χ0n) is 14.2. The van der Waals surface area contributed by atoms with Crippen LogP contribution in [0.4, 0.5) is 5.13 Å². The second kappa shape index (κ2) is 7.83. The summed E-state index contributed by atoms with van der Waals surface area (Å²) in [4.78, 5) is 16.4. The molecule has 3 aromatic heterocycles. The summed E-state index contributed by atoms with van der Waals surface area (Å²) in [5, 5.41) is 14.1. The Labute approximate surface area is 153 Å². The first kappa shape index (κ1) is 17.7. The predicted octanol–water partition coefficient (Wildman–Crippen LogP) is 3.77. The number of thiazole rings is 1. The Balaban J connectivity index is 1.78. The van der Waals surface area contributed by atoms with Crippen LogP contribution in [-0.4, -0.2) is 30.9 Å². The fourth-order valence-corrected chi connectivity index (χ4v) is 3.59. The normalized spacial score (nSPS) is 12.5. The minimum Gasteiger partial charge on any atom is -0.461 e. The molecule has 0 aliphatic rings. The molecular weight excluding hydrogens is 358 g/mol. The fraction of sp³-hybridized carbons (Fsp3) is 0.375. The average molecular weight is 377 g/mol. The monoisotopic (exact) mass is 377 g/mol. The number of anilines is 1. The summed E-state index contributed by atoms with van der Waals surface area (Å²) >= 11 is 2.76. The van der Waals surface area contributed by atoms with Crippen molar-refractivity contribution >= 4 is 34.1 Å². The van der Waals surface area contributed by atoms with Crippen LogP contribution in [0.3, 0.4) is 0 Å². The lowest BCUT2D eigenvalue weighted by molar-refractivity contribution is -0.115. The Hall–Kier alpha value is -2.13. The van der Waals surface area contributed by atoms with Gasteiger partial charge >= 0.3 is 0 Å². The van der Waals surface area contributed by atoms with E-state index in [1.54, 1.807) is 12.5 Å². The van der Waals surface area contributed by atoms with Gasteiger partial charge in [0.1, 0.15) is 0 Å². The van der Waals surface area contributed by atoms with Crippen molar-refractivity contribution in [3.05, 3.63) is 30.0 Å². The van der Waals surface area contributed by atoms with Crippen molar-refractivity contribution in [1.82, 2.24) is 19.7 Å². The smallest absolute Gasteiger partial charge is 0.239 e. The van der Waals surface area contributed by atoms with Crippen LogP contribution in [0.1, 0.15) is 20.8 Å². The first-order valence-corrected chi connectivity index (χ1v) is 9.64. The van der Waals surface area contributed by atoms with Crippen molar-refractivity contribution < 1.29 is 9.21 Å². The highest BCUT2D eigenvalue weighted by molar-refractivity contribution is 8.00. The Morgan fingerprint density at radius 3 is 2.88 bits per heavy atom. The van der Waals surface area contributed by atoms with E-state index in [1.165, 1.54) is 23.1 Å². The van der Waals surface area contributed by atoms with E-state index in [9.17, 15) is 4.79 Å². The number of rotatable bonds is 7. The van der Waals surface area contributed by atoms with Crippen molar-refractivity contribution in [3.63, 3.8) is 0 Å². The van der Waals surface area contributed by atoms with Crippen LogP contribution in [0.25, 0.3) is 11.6 Å². The lowest BCUT2D eigenvalue weighted by Gasteiger charge is -2.14. The molecule has 0 spiro atoms. The van der Waals surface area contributed by atoms with E-state index in [0.29, 0.717) is 27.8 Å².